The summed E-state index contributed by atoms with van der Waals surface area (Å²) in [5, 5.41) is 0. The third-order valence-electron chi connectivity index (χ3n) is 6.42. The number of benzene rings is 1. The van der Waals surface area contributed by atoms with Crippen LogP contribution in [0.1, 0.15) is 42.9 Å². The van der Waals surface area contributed by atoms with Gasteiger partial charge in [-0.05, 0) is 43.9 Å². The normalized spacial score (nSPS) is 30.4. The molecular formula is C20H29ClN2O. The molecule has 1 saturated carbocycles. The molecule has 132 valence electrons. The Balaban J connectivity index is 0.00000169. The summed E-state index contributed by atoms with van der Waals surface area (Å²) in [5.41, 5.74) is 2.84. The highest BCUT2D eigenvalue weighted by Gasteiger charge is 2.48. The number of nitrogens with zero attached hydrogens (tertiary/aromatic N) is 2. The van der Waals surface area contributed by atoms with Crippen molar-refractivity contribution in [2.24, 2.45) is 17.8 Å². The zero-order chi connectivity index (χ0) is 16.0. The van der Waals surface area contributed by atoms with E-state index in [1.807, 2.05) is 0 Å². The van der Waals surface area contributed by atoms with Crippen LogP contribution in [0.3, 0.4) is 0 Å². The molecule has 0 radical (unpaired) electrons. The van der Waals surface area contributed by atoms with Crippen molar-refractivity contribution in [3.63, 3.8) is 0 Å². The molecule has 1 aromatic rings. The summed E-state index contributed by atoms with van der Waals surface area (Å²) in [4.78, 5) is 17.5. The summed E-state index contributed by atoms with van der Waals surface area (Å²) in [6.07, 6.45) is 4.72. The molecule has 1 aliphatic carbocycles. The number of rotatable bonds is 2. The zero-order valence-corrected chi connectivity index (χ0v) is 15.6. The van der Waals surface area contributed by atoms with Gasteiger partial charge in [-0.25, -0.2) is 0 Å². The largest absolute Gasteiger partial charge is 0.342 e. The predicted molar refractivity (Wildman–Crippen MR) is 99.3 cm³/mol. The van der Waals surface area contributed by atoms with Crippen LogP contribution in [0.15, 0.2) is 24.3 Å². The van der Waals surface area contributed by atoms with Crippen LogP contribution < -0.4 is 0 Å². The monoisotopic (exact) mass is 348 g/mol. The van der Waals surface area contributed by atoms with Gasteiger partial charge < -0.3 is 4.90 Å². The summed E-state index contributed by atoms with van der Waals surface area (Å²) >= 11 is 0. The number of halogens is 1. The summed E-state index contributed by atoms with van der Waals surface area (Å²) < 4.78 is 0. The molecule has 3 aliphatic rings. The first kappa shape index (κ1) is 17.8. The van der Waals surface area contributed by atoms with E-state index in [0.717, 1.165) is 32.5 Å². The molecule has 0 bridgehead atoms. The highest BCUT2D eigenvalue weighted by molar-refractivity contribution is 5.85. The summed E-state index contributed by atoms with van der Waals surface area (Å²) in [6, 6.07) is 9.24. The molecule has 3 atom stereocenters. The molecule has 24 heavy (non-hydrogen) atoms. The Kier molecular flexibility index (Phi) is 5.22. The molecule has 0 aromatic heterocycles. The first-order valence-electron chi connectivity index (χ1n) is 9.19. The van der Waals surface area contributed by atoms with Gasteiger partial charge in [0.2, 0.25) is 5.91 Å². The molecule has 3 fully saturated rings. The molecule has 4 heteroatoms. The van der Waals surface area contributed by atoms with Gasteiger partial charge >= 0.3 is 0 Å². The summed E-state index contributed by atoms with van der Waals surface area (Å²) in [6.45, 7) is 5.28. The lowest BCUT2D eigenvalue weighted by Gasteiger charge is -2.28. The van der Waals surface area contributed by atoms with Gasteiger partial charge in [0, 0.05) is 37.5 Å². The minimum absolute atomic E-state index is 0. The maximum Gasteiger partial charge on any atom is 0.225 e. The SMILES string of the molecule is Cc1ccccc1[C@H]1[C@@H]2CN(C(=O)C3CCCC3)C[C@@H]2CN1C.Cl. The molecular weight excluding hydrogens is 320 g/mol. The standard InChI is InChI=1S/C20H28N2O.ClH/c1-14-7-3-6-10-17(14)19-18-13-22(12-16(18)11-21(19)2)20(23)15-8-4-5-9-15;/h3,6-7,10,15-16,18-19H,4-5,8-9,11-13H2,1-2H3;1H/t16-,18+,19-;/m0./s1. The van der Waals surface area contributed by atoms with Crippen LogP contribution >= 0.6 is 12.4 Å². The quantitative estimate of drug-likeness (QED) is 0.814. The van der Waals surface area contributed by atoms with Crippen LogP contribution in [0.25, 0.3) is 0 Å². The molecule has 4 rings (SSSR count). The average Bonchev–Trinajstić information content (AvgIpc) is 3.23. The fourth-order valence-electron chi connectivity index (χ4n) is 5.26. The van der Waals surface area contributed by atoms with E-state index in [0.29, 0.717) is 29.7 Å². The minimum atomic E-state index is 0. The number of carbonyl (C=O) groups is 1. The van der Waals surface area contributed by atoms with Gasteiger partial charge in [-0.15, -0.1) is 12.4 Å². The maximum atomic E-state index is 12.8. The smallest absolute Gasteiger partial charge is 0.225 e. The van der Waals surface area contributed by atoms with Crippen molar-refractivity contribution in [2.45, 2.75) is 38.6 Å². The van der Waals surface area contributed by atoms with E-state index in [4.69, 9.17) is 0 Å². The van der Waals surface area contributed by atoms with E-state index < -0.39 is 0 Å². The number of hydrogen-bond donors (Lipinski definition) is 0. The lowest BCUT2D eigenvalue weighted by atomic mass is 9.88. The van der Waals surface area contributed by atoms with Crippen molar-refractivity contribution >= 4 is 18.3 Å². The molecule has 2 heterocycles. The van der Waals surface area contributed by atoms with Crippen LogP contribution in [-0.4, -0.2) is 42.4 Å². The number of aryl methyl sites for hydroxylation is 1. The van der Waals surface area contributed by atoms with Crippen LogP contribution in [0.4, 0.5) is 0 Å². The van der Waals surface area contributed by atoms with E-state index in [-0.39, 0.29) is 12.4 Å². The molecule has 0 spiro atoms. The van der Waals surface area contributed by atoms with Crippen molar-refractivity contribution < 1.29 is 4.79 Å². The van der Waals surface area contributed by atoms with Crippen LogP contribution in [0.5, 0.6) is 0 Å². The molecule has 0 N–H and O–H groups in total. The van der Waals surface area contributed by atoms with Crippen LogP contribution in [0, 0.1) is 24.7 Å². The Morgan fingerprint density at radius 2 is 1.79 bits per heavy atom. The van der Waals surface area contributed by atoms with Gasteiger partial charge in [-0.2, -0.15) is 0 Å². The molecule has 3 nitrogen and oxygen atoms in total. The Hall–Kier alpha value is -1.06. The van der Waals surface area contributed by atoms with Gasteiger partial charge in [-0.3, -0.25) is 9.69 Å². The maximum absolute atomic E-state index is 12.8. The Labute approximate surface area is 151 Å². The van der Waals surface area contributed by atoms with E-state index >= 15 is 0 Å². The summed E-state index contributed by atoms with van der Waals surface area (Å²) in [7, 11) is 2.25. The van der Waals surface area contributed by atoms with Crippen LogP contribution in [-0.2, 0) is 4.79 Å². The second-order valence-electron chi connectivity index (χ2n) is 7.89. The van der Waals surface area contributed by atoms with Gasteiger partial charge in [-0.1, -0.05) is 37.1 Å². The highest BCUT2D eigenvalue weighted by Crippen LogP contribution is 2.45. The molecule has 2 aliphatic heterocycles. The van der Waals surface area contributed by atoms with Crippen molar-refractivity contribution in [3.8, 4) is 0 Å². The van der Waals surface area contributed by atoms with Crippen molar-refractivity contribution in [1.82, 2.24) is 9.80 Å². The molecule has 1 amide bonds. The minimum Gasteiger partial charge on any atom is -0.342 e. The Bertz CT molecular complexity index is 599. The fourth-order valence-corrected chi connectivity index (χ4v) is 5.26. The first-order chi connectivity index (χ1) is 11.1. The van der Waals surface area contributed by atoms with Crippen molar-refractivity contribution in [2.75, 3.05) is 26.7 Å². The average molecular weight is 349 g/mol. The van der Waals surface area contributed by atoms with E-state index in [1.54, 1.807) is 0 Å². The number of fused-ring (bicyclic) bond motifs is 1. The summed E-state index contributed by atoms with van der Waals surface area (Å²) in [5.74, 6) is 2.02. The van der Waals surface area contributed by atoms with E-state index in [9.17, 15) is 4.79 Å². The molecule has 2 saturated heterocycles. The third-order valence-corrected chi connectivity index (χ3v) is 6.42. The zero-order valence-electron chi connectivity index (χ0n) is 14.8. The van der Waals surface area contributed by atoms with Crippen molar-refractivity contribution in [1.29, 1.82) is 0 Å². The van der Waals surface area contributed by atoms with Gasteiger partial charge in [0.15, 0.2) is 0 Å². The second-order valence-corrected chi connectivity index (χ2v) is 7.89. The lowest BCUT2D eigenvalue weighted by Crippen LogP contribution is -2.36. The van der Waals surface area contributed by atoms with Gasteiger partial charge in [0.1, 0.15) is 0 Å². The van der Waals surface area contributed by atoms with E-state index in [2.05, 4.69) is 48.0 Å². The van der Waals surface area contributed by atoms with Gasteiger partial charge in [0.05, 0.1) is 0 Å². The number of hydrogen-bond acceptors (Lipinski definition) is 2. The Morgan fingerprint density at radius 1 is 1.08 bits per heavy atom. The van der Waals surface area contributed by atoms with Crippen molar-refractivity contribution in [3.05, 3.63) is 35.4 Å². The van der Waals surface area contributed by atoms with Crippen LogP contribution in [0.2, 0.25) is 0 Å². The fraction of sp³-hybridized carbons (Fsp3) is 0.650. The highest BCUT2D eigenvalue weighted by atomic mass is 35.5. The van der Waals surface area contributed by atoms with E-state index in [1.165, 1.54) is 24.0 Å². The predicted octanol–water partition coefficient (Wildman–Crippen LogP) is 3.67. The lowest BCUT2D eigenvalue weighted by molar-refractivity contribution is -0.134. The topological polar surface area (TPSA) is 23.6 Å². The number of carbonyl (C=O) groups excluding carboxylic acids is 1. The third kappa shape index (κ3) is 2.97. The first-order valence-corrected chi connectivity index (χ1v) is 9.19. The van der Waals surface area contributed by atoms with Gasteiger partial charge in [0.25, 0.3) is 0 Å². The molecule has 1 aromatic carbocycles. The second kappa shape index (κ2) is 7.05. The Morgan fingerprint density at radius 3 is 2.50 bits per heavy atom. The molecule has 0 unspecified atom stereocenters. The number of amides is 1. The number of likely N-dealkylation sites (tertiary alicyclic amines) is 2.